The van der Waals surface area contributed by atoms with Crippen molar-refractivity contribution in [2.45, 2.75) is 84.1 Å². The molecule has 2 aliphatic rings. The Morgan fingerprint density at radius 1 is 1.08 bits per heavy atom. The second kappa shape index (κ2) is 12.3. The van der Waals surface area contributed by atoms with Crippen LogP contribution in [0, 0.1) is 17.3 Å². The quantitative estimate of drug-likeness (QED) is 0.421. The number of rotatable bonds is 9. The molecule has 1 aliphatic heterocycles. The van der Waals surface area contributed by atoms with Gasteiger partial charge < -0.3 is 16.0 Å². The van der Waals surface area contributed by atoms with Crippen LogP contribution in [0.5, 0.6) is 0 Å². The first-order chi connectivity index (χ1) is 17.3. The first-order valence-corrected chi connectivity index (χ1v) is 14.5. The lowest BCUT2D eigenvalue weighted by molar-refractivity contribution is -0.143. The van der Waals surface area contributed by atoms with E-state index < -0.39 is 5.41 Å². The SMILES string of the molecule is C[C](C)C[C@@H](Cc1cccs1)C(=O)N1CCC(Cc2ccc(N)cc2)(C(=O)NC2CCCCC2)CC1. The van der Waals surface area contributed by atoms with Gasteiger partial charge in [-0.2, -0.15) is 0 Å². The molecule has 2 aromatic rings. The fourth-order valence-electron chi connectivity index (χ4n) is 5.92. The Kier molecular flexibility index (Phi) is 9.10. The number of carbonyl (C=O) groups is 2. The number of nitrogens with two attached hydrogens (primary N) is 1. The lowest BCUT2D eigenvalue weighted by Gasteiger charge is -2.42. The van der Waals surface area contributed by atoms with E-state index in [1.165, 1.54) is 30.1 Å². The van der Waals surface area contributed by atoms with Crippen LogP contribution in [0.2, 0.25) is 0 Å². The predicted octanol–water partition coefficient (Wildman–Crippen LogP) is 5.79. The molecule has 2 heterocycles. The van der Waals surface area contributed by atoms with Crippen molar-refractivity contribution in [3.05, 3.63) is 58.1 Å². The van der Waals surface area contributed by atoms with Gasteiger partial charge in [-0.25, -0.2) is 0 Å². The van der Waals surface area contributed by atoms with Crippen LogP contribution in [-0.2, 0) is 22.4 Å². The molecule has 1 saturated carbocycles. The first-order valence-electron chi connectivity index (χ1n) is 13.6. The van der Waals surface area contributed by atoms with E-state index in [9.17, 15) is 9.59 Å². The third-order valence-electron chi connectivity index (χ3n) is 8.01. The van der Waals surface area contributed by atoms with Gasteiger partial charge in [0.15, 0.2) is 0 Å². The van der Waals surface area contributed by atoms with Gasteiger partial charge in [-0.3, -0.25) is 9.59 Å². The van der Waals surface area contributed by atoms with E-state index in [0.717, 1.165) is 36.9 Å². The summed E-state index contributed by atoms with van der Waals surface area (Å²) in [5.74, 6) is 1.66. The van der Waals surface area contributed by atoms with E-state index in [4.69, 9.17) is 5.73 Å². The average Bonchev–Trinajstić information content (AvgIpc) is 3.39. The van der Waals surface area contributed by atoms with E-state index >= 15 is 0 Å². The van der Waals surface area contributed by atoms with E-state index in [1.54, 1.807) is 11.3 Å². The van der Waals surface area contributed by atoms with Gasteiger partial charge in [0.1, 0.15) is 0 Å². The van der Waals surface area contributed by atoms with Gasteiger partial charge >= 0.3 is 0 Å². The molecular weight excluding hydrogens is 466 g/mol. The van der Waals surface area contributed by atoms with Crippen molar-refractivity contribution in [2.75, 3.05) is 18.8 Å². The van der Waals surface area contributed by atoms with E-state index in [0.29, 0.717) is 32.4 Å². The second-order valence-electron chi connectivity index (χ2n) is 11.2. The molecule has 1 aromatic heterocycles. The van der Waals surface area contributed by atoms with Crippen LogP contribution in [0.15, 0.2) is 41.8 Å². The zero-order valence-electron chi connectivity index (χ0n) is 21.9. The molecular formula is C30H42N3O2S. The van der Waals surface area contributed by atoms with Crippen molar-refractivity contribution in [2.24, 2.45) is 11.3 Å². The Morgan fingerprint density at radius 3 is 2.39 bits per heavy atom. The average molecular weight is 509 g/mol. The molecule has 3 N–H and O–H groups in total. The van der Waals surface area contributed by atoms with E-state index in [2.05, 4.69) is 36.7 Å². The standard InChI is InChI=1S/C30H42N3O2S/c1-22(2)19-24(20-27-9-6-18-36-27)28(34)33-16-14-30(15-17-33,21-23-10-12-25(31)13-11-23)29(35)32-26-7-4-3-5-8-26/h6,9-13,18,24,26H,3-5,7-8,14-17,19-21,31H2,1-2H3,(H,32,35)/t24-/m0/s1. The molecule has 1 aliphatic carbocycles. The Morgan fingerprint density at radius 2 is 1.78 bits per heavy atom. The Hall–Kier alpha value is -2.34. The zero-order valence-corrected chi connectivity index (χ0v) is 22.7. The molecule has 36 heavy (non-hydrogen) atoms. The van der Waals surface area contributed by atoms with Crippen molar-refractivity contribution in [3.63, 3.8) is 0 Å². The number of likely N-dealkylation sites (tertiary alicyclic amines) is 1. The minimum absolute atomic E-state index is 0.0330. The maximum Gasteiger partial charge on any atom is 0.226 e. The summed E-state index contributed by atoms with van der Waals surface area (Å²) in [6.45, 7) is 5.49. The number of piperidine rings is 1. The molecule has 1 atom stereocenters. The molecule has 0 unspecified atom stereocenters. The van der Waals surface area contributed by atoms with Gasteiger partial charge in [-0.05, 0) is 80.0 Å². The molecule has 0 bridgehead atoms. The molecule has 1 radical (unpaired) electrons. The topological polar surface area (TPSA) is 75.4 Å². The number of nitrogen functional groups attached to an aromatic ring is 1. The fraction of sp³-hybridized carbons (Fsp3) is 0.567. The summed E-state index contributed by atoms with van der Waals surface area (Å²) in [6, 6.07) is 12.4. The van der Waals surface area contributed by atoms with Crippen LogP contribution in [0.1, 0.15) is 75.7 Å². The molecule has 2 amide bonds. The number of nitrogens with one attached hydrogen (secondary N) is 1. The number of nitrogens with zero attached hydrogens (tertiary/aromatic N) is 1. The molecule has 6 heteroatoms. The van der Waals surface area contributed by atoms with Crippen LogP contribution in [-0.4, -0.2) is 35.8 Å². The highest BCUT2D eigenvalue weighted by molar-refractivity contribution is 7.09. The van der Waals surface area contributed by atoms with Crippen LogP contribution >= 0.6 is 11.3 Å². The van der Waals surface area contributed by atoms with Gasteiger partial charge in [-0.15, -0.1) is 11.3 Å². The molecule has 0 spiro atoms. The maximum absolute atomic E-state index is 13.8. The summed E-state index contributed by atoms with van der Waals surface area (Å²) in [5.41, 5.74) is 7.30. The minimum Gasteiger partial charge on any atom is -0.399 e. The molecule has 4 rings (SSSR count). The Bertz CT molecular complexity index is 972. The molecule has 195 valence electrons. The van der Waals surface area contributed by atoms with Gasteiger partial charge in [0.05, 0.1) is 5.41 Å². The van der Waals surface area contributed by atoms with Crippen molar-refractivity contribution >= 4 is 28.8 Å². The lowest BCUT2D eigenvalue weighted by atomic mass is 9.72. The van der Waals surface area contributed by atoms with Crippen LogP contribution in [0.4, 0.5) is 5.69 Å². The number of hydrogen-bond donors (Lipinski definition) is 2. The van der Waals surface area contributed by atoms with Crippen LogP contribution in [0.3, 0.4) is 0 Å². The number of amides is 2. The van der Waals surface area contributed by atoms with Crippen LogP contribution in [0.25, 0.3) is 0 Å². The van der Waals surface area contributed by atoms with E-state index in [-0.39, 0.29) is 23.8 Å². The number of anilines is 1. The van der Waals surface area contributed by atoms with Crippen molar-refractivity contribution in [1.29, 1.82) is 0 Å². The van der Waals surface area contributed by atoms with Crippen molar-refractivity contribution in [3.8, 4) is 0 Å². The van der Waals surface area contributed by atoms with E-state index in [1.807, 2.05) is 29.2 Å². The van der Waals surface area contributed by atoms with Gasteiger partial charge in [0.25, 0.3) is 0 Å². The number of benzene rings is 1. The number of carbonyl (C=O) groups excluding carboxylic acids is 2. The Balaban J connectivity index is 1.47. The fourth-order valence-corrected chi connectivity index (χ4v) is 6.71. The highest BCUT2D eigenvalue weighted by Gasteiger charge is 2.43. The second-order valence-corrected chi connectivity index (χ2v) is 12.3. The molecule has 1 saturated heterocycles. The highest BCUT2D eigenvalue weighted by Crippen LogP contribution is 2.37. The minimum atomic E-state index is -0.486. The van der Waals surface area contributed by atoms with Crippen molar-refractivity contribution < 1.29 is 9.59 Å². The first kappa shape index (κ1) is 26.7. The summed E-state index contributed by atoms with van der Waals surface area (Å²) in [4.78, 5) is 30.7. The highest BCUT2D eigenvalue weighted by atomic mass is 32.1. The predicted molar refractivity (Wildman–Crippen MR) is 149 cm³/mol. The third-order valence-corrected chi connectivity index (χ3v) is 8.91. The molecule has 5 nitrogen and oxygen atoms in total. The smallest absolute Gasteiger partial charge is 0.226 e. The zero-order chi connectivity index (χ0) is 25.5. The summed E-state index contributed by atoms with van der Waals surface area (Å²) >= 11 is 1.72. The largest absolute Gasteiger partial charge is 0.399 e. The summed E-state index contributed by atoms with van der Waals surface area (Å²) in [6.07, 6.45) is 9.48. The maximum atomic E-state index is 13.8. The normalized spacial score (nSPS) is 19.2. The van der Waals surface area contributed by atoms with Crippen LogP contribution < -0.4 is 11.1 Å². The number of thiophene rings is 1. The summed E-state index contributed by atoms with van der Waals surface area (Å²) < 4.78 is 0. The Labute approximate surface area is 220 Å². The van der Waals surface area contributed by atoms with Gasteiger partial charge in [0.2, 0.25) is 11.8 Å². The monoisotopic (exact) mass is 508 g/mol. The summed E-state index contributed by atoms with van der Waals surface area (Å²) in [7, 11) is 0. The molecule has 2 fully saturated rings. The summed E-state index contributed by atoms with van der Waals surface area (Å²) in [5, 5.41) is 5.49. The molecule has 1 aromatic carbocycles. The lowest BCUT2D eigenvalue weighted by Crippen LogP contribution is -2.54. The third kappa shape index (κ3) is 6.90. The van der Waals surface area contributed by atoms with Gasteiger partial charge in [0, 0.05) is 35.6 Å². The van der Waals surface area contributed by atoms with Gasteiger partial charge in [-0.1, -0.05) is 51.3 Å². The number of hydrogen-bond acceptors (Lipinski definition) is 4. The van der Waals surface area contributed by atoms with Crippen molar-refractivity contribution in [1.82, 2.24) is 10.2 Å².